The maximum Gasteiger partial charge on any atom is 0.257 e. The molecular weight excluding hydrogens is 245 g/mol. The number of rotatable bonds is 2. The van der Waals surface area contributed by atoms with Crippen LogP contribution in [0.4, 0.5) is 10.2 Å². The van der Waals surface area contributed by atoms with Gasteiger partial charge in [0.15, 0.2) is 11.6 Å². The van der Waals surface area contributed by atoms with Crippen LogP contribution < -0.4 is 5.73 Å². The van der Waals surface area contributed by atoms with Crippen molar-refractivity contribution in [3.63, 3.8) is 0 Å². The average Bonchev–Trinajstić information content (AvgIpc) is 2.66. The number of carbonyl (C=O) groups excluding carboxylic acids is 1. The Labute approximate surface area is 112 Å². The molecule has 104 valence electrons. The van der Waals surface area contributed by atoms with Crippen LogP contribution in [-0.4, -0.2) is 28.9 Å². The number of carbonyl (C=O) groups is 1. The quantitative estimate of drug-likeness (QED) is 0.893. The van der Waals surface area contributed by atoms with Gasteiger partial charge in [0.1, 0.15) is 0 Å². The van der Waals surface area contributed by atoms with Gasteiger partial charge in [-0.15, -0.1) is 0 Å². The highest BCUT2D eigenvalue weighted by Gasteiger charge is 2.23. The van der Waals surface area contributed by atoms with Gasteiger partial charge in [0.05, 0.1) is 5.56 Å². The number of nitrogens with zero attached hydrogens (tertiary/aromatic N) is 2. The number of hydrogen-bond donors (Lipinski definition) is 1. The summed E-state index contributed by atoms with van der Waals surface area (Å²) in [5, 5.41) is 0. The minimum absolute atomic E-state index is 0.0300. The Kier molecular flexibility index (Phi) is 4.35. The van der Waals surface area contributed by atoms with Crippen molar-refractivity contribution >= 4 is 11.7 Å². The Hall–Kier alpha value is -1.65. The first-order chi connectivity index (χ1) is 9.13. The van der Waals surface area contributed by atoms with Crippen molar-refractivity contribution in [1.29, 1.82) is 0 Å². The van der Waals surface area contributed by atoms with Gasteiger partial charge >= 0.3 is 0 Å². The van der Waals surface area contributed by atoms with Crippen molar-refractivity contribution in [3.8, 4) is 0 Å². The maximum absolute atomic E-state index is 13.8. The van der Waals surface area contributed by atoms with Gasteiger partial charge in [-0.05, 0) is 31.2 Å². The summed E-state index contributed by atoms with van der Waals surface area (Å²) < 4.78 is 13.8. The summed E-state index contributed by atoms with van der Waals surface area (Å²) in [5.41, 5.74) is 5.44. The molecule has 1 aliphatic rings. The summed E-state index contributed by atoms with van der Waals surface area (Å²) in [6, 6.07) is 1.40. The zero-order valence-corrected chi connectivity index (χ0v) is 11.2. The van der Waals surface area contributed by atoms with E-state index in [0.717, 1.165) is 25.7 Å². The molecule has 1 saturated heterocycles. The van der Waals surface area contributed by atoms with E-state index in [0.29, 0.717) is 19.0 Å². The molecule has 0 bridgehead atoms. The first kappa shape index (κ1) is 13.8. The Morgan fingerprint density at radius 1 is 1.53 bits per heavy atom. The van der Waals surface area contributed by atoms with E-state index in [-0.39, 0.29) is 17.3 Å². The molecule has 1 fully saturated rings. The molecule has 1 unspecified atom stereocenters. The minimum Gasteiger partial charge on any atom is -0.381 e. The second kappa shape index (κ2) is 5.99. The van der Waals surface area contributed by atoms with Crippen molar-refractivity contribution in [2.24, 2.45) is 5.92 Å². The molecule has 1 aromatic rings. The number of nitrogen functional groups attached to an aromatic ring is 1. The highest BCUT2D eigenvalue weighted by molar-refractivity contribution is 5.95. The van der Waals surface area contributed by atoms with E-state index in [1.54, 1.807) is 4.90 Å². The molecule has 1 aromatic heterocycles. The Morgan fingerprint density at radius 2 is 2.32 bits per heavy atom. The van der Waals surface area contributed by atoms with Crippen molar-refractivity contribution < 1.29 is 9.18 Å². The van der Waals surface area contributed by atoms with Crippen LogP contribution >= 0.6 is 0 Å². The zero-order chi connectivity index (χ0) is 13.8. The van der Waals surface area contributed by atoms with Gasteiger partial charge in [0, 0.05) is 19.3 Å². The topological polar surface area (TPSA) is 59.2 Å². The average molecular weight is 265 g/mol. The second-order valence-electron chi connectivity index (χ2n) is 5.06. The van der Waals surface area contributed by atoms with E-state index in [2.05, 4.69) is 11.9 Å². The molecular formula is C14H20FN3O. The lowest BCUT2D eigenvalue weighted by atomic mass is 9.98. The number of amides is 1. The number of likely N-dealkylation sites (tertiary alicyclic amines) is 1. The van der Waals surface area contributed by atoms with E-state index in [1.165, 1.54) is 12.3 Å². The molecule has 1 amide bonds. The van der Waals surface area contributed by atoms with Crippen LogP contribution in [0.2, 0.25) is 0 Å². The second-order valence-corrected chi connectivity index (χ2v) is 5.06. The fourth-order valence-corrected chi connectivity index (χ4v) is 2.57. The maximum atomic E-state index is 13.8. The van der Waals surface area contributed by atoms with Crippen LogP contribution in [0.1, 0.15) is 43.0 Å². The first-order valence-corrected chi connectivity index (χ1v) is 6.82. The van der Waals surface area contributed by atoms with E-state index in [4.69, 9.17) is 5.73 Å². The van der Waals surface area contributed by atoms with Crippen LogP contribution in [-0.2, 0) is 0 Å². The largest absolute Gasteiger partial charge is 0.381 e. The highest BCUT2D eigenvalue weighted by atomic mass is 19.1. The van der Waals surface area contributed by atoms with E-state index >= 15 is 0 Å². The van der Waals surface area contributed by atoms with Crippen molar-refractivity contribution in [2.45, 2.75) is 32.6 Å². The standard InChI is InChI=1S/C14H20FN3O/c1-2-10-4-3-8-18(9-6-10)14(19)11-5-7-17-13(16)12(11)15/h5,7,10H,2-4,6,8-9H2,1H3,(H2,16,17). The van der Waals surface area contributed by atoms with Gasteiger partial charge in [0.2, 0.25) is 0 Å². The molecule has 5 heteroatoms. The van der Waals surface area contributed by atoms with E-state index in [9.17, 15) is 9.18 Å². The SMILES string of the molecule is CCC1CCCN(C(=O)c2ccnc(N)c2F)CC1. The third-order valence-corrected chi connectivity index (χ3v) is 3.86. The predicted molar refractivity (Wildman–Crippen MR) is 72.1 cm³/mol. The van der Waals surface area contributed by atoms with E-state index < -0.39 is 5.82 Å². The Balaban J connectivity index is 2.13. The summed E-state index contributed by atoms with van der Waals surface area (Å²) in [6.45, 7) is 3.56. The molecule has 4 nitrogen and oxygen atoms in total. The molecule has 2 N–H and O–H groups in total. The number of hydrogen-bond acceptors (Lipinski definition) is 3. The third-order valence-electron chi connectivity index (χ3n) is 3.86. The number of anilines is 1. The fourth-order valence-electron chi connectivity index (χ4n) is 2.57. The lowest BCUT2D eigenvalue weighted by Gasteiger charge is -2.21. The van der Waals surface area contributed by atoms with Crippen molar-refractivity contribution in [1.82, 2.24) is 9.88 Å². The summed E-state index contributed by atoms with van der Waals surface area (Å²) >= 11 is 0. The van der Waals surface area contributed by atoms with Gasteiger partial charge in [-0.1, -0.05) is 13.3 Å². The monoisotopic (exact) mass is 265 g/mol. The molecule has 0 saturated carbocycles. The summed E-state index contributed by atoms with van der Waals surface area (Å²) in [5.74, 6) is -0.524. The van der Waals surface area contributed by atoms with Gasteiger partial charge < -0.3 is 10.6 Å². The van der Waals surface area contributed by atoms with Crippen molar-refractivity contribution in [2.75, 3.05) is 18.8 Å². The normalized spacial score (nSPS) is 20.1. The molecule has 2 heterocycles. The van der Waals surface area contributed by atoms with Crippen LogP contribution in [0, 0.1) is 11.7 Å². The molecule has 2 rings (SSSR count). The van der Waals surface area contributed by atoms with E-state index in [1.807, 2.05) is 0 Å². The molecule has 0 aliphatic carbocycles. The lowest BCUT2D eigenvalue weighted by Crippen LogP contribution is -2.32. The number of pyridine rings is 1. The Bertz CT molecular complexity index is 464. The molecule has 0 aromatic carbocycles. The summed E-state index contributed by atoms with van der Waals surface area (Å²) in [4.78, 5) is 17.7. The Morgan fingerprint density at radius 3 is 3.05 bits per heavy atom. The van der Waals surface area contributed by atoms with Crippen LogP contribution in [0.5, 0.6) is 0 Å². The van der Waals surface area contributed by atoms with Gasteiger partial charge in [-0.3, -0.25) is 4.79 Å². The summed E-state index contributed by atoms with van der Waals surface area (Å²) in [7, 11) is 0. The third kappa shape index (κ3) is 3.03. The highest BCUT2D eigenvalue weighted by Crippen LogP contribution is 2.22. The van der Waals surface area contributed by atoms with Gasteiger partial charge in [0.25, 0.3) is 5.91 Å². The van der Waals surface area contributed by atoms with Crippen molar-refractivity contribution in [3.05, 3.63) is 23.6 Å². The van der Waals surface area contributed by atoms with Crippen LogP contribution in [0.15, 0.2) is 12.3 Å². The molecule has 0 spiro atoms. The van der Waals surface area contributed by atoms with Crippen LogP contribution in [0.3, 0.4) is 0 Å². The lowest BCUT2D eigenvalue weighted by molar-refractivity contribution is 0.0755. The molecule has 1 aliphatic heterocycles. The number of halogens is 1. The van der Waals surface area contributed by atoms with Crippen LogP contribution in [0.25, 0.3) is 0 Å². The fraction of sp³-hybridized carbons (Fsp3) is 0.571. The zero-order valence-electron chi connectivity index (χ0n) is 11.2. The van der Waals surface area contributed by atoms with Gasteiger partial charge in [-0.2, -0.15) is 0 Å². The minimum atomic E-state index is -0.705. The molecule has 19 heavy (non-hydrogen) atoms. The summed E-state index contributed by atoms with van der Waals surface area (Å²) in [6.07, 6.45) is 5.62. The molecule has 0 radical (unpaired) electrons. The number of aromatic nitrogens is 1. The molecule has 1 atom stereocenters. The van der Waals surface area contributed by atoms with Gasteiger partial charge in [-0.25, -0.2) is 9.37 Å². The number of nitrogens with two attached hydrogens (primary N) is 1. The first-order valence-electron chi connectivity index (χ1n) is 6.82. The predicted octanol–water partition coefficient (Wildman–Crippen LogP) is 2.46. The smallest absolute Gasteiger partial charge is 0.257 e.